The molecule has 0 amide bonds. The number of hydrogen-bond donors (Lipinski definition) is 1. The van der Waals surface area contributed by atoms with Crippen molar-refractivity contribution in [2.45, 2.75) is 26.1 Å². The lowest BCUT2D eigenvalue weighted by molar-refractivity contribution is 0.182. The quantitative estimate of drug-likeness (QED) is 0.749. The van der Waals surface area contributed by atoms with Crippen LogP contribution in [-0.4, -0.2) is 46.8 Å². The van der Waals surface area contributed by atoms with Crippen LogP contribution in [0.2, 0.25) is 0 Å². The largest absolute Gasteiger partial charge is 0.497 e. The van der Waals surface area contributed by atoms with E-state index < -0.39 is 0 Å². The van der Waals surface area contributed by atoms with Gasteiger partial charge in [-0.1, -0.05) is 0 Å². The van der Waals surface area contributed by atoms with Crippen molar-refractivity contribution in [2.24, 2.45) is 0 Å². The lowest BCUT2D eigenvalue weighted by Crippen LogP contribution is -2.31. The van der Waals surface area contributed by atoms with Crippen LogP contribution in [0.4, 0.5) is 0 Å². The summed E-state index contributed by atoms with van der Waals surface area (Å²) in [5.74, 6) is 2.00. The number of aromatic amines is 1. The molecule has 0 fully saturated rings. The minimum atomic E-state index is 0.704. The molecule has 2 aromatic heterocycles. The number of rotatable bonds is 6. The number of H-pyrrole nitrogens is 1. The number of imidazole rings is 1. The Kier molecular flexibility index (Phi) is 4.46. The van der Waals surface area contributed by atoms with Gasteiger partial charge in [-0.05, 0) is 23.8 Å². The summed E-state index contributed by atoms with van der Waals surface area (Å²) in [4.78, 5) is 10.6. The molecule has 132 valence electrons. The number of nitrogens with zero attached hydrogens (tertiary/aromatic N) is 3. The van der Waals surface area contributed by atoms with Gasteiger partial charge in [-0.15, -0.1) is 0 Å². The smallest absolute Gasteiger partial charge is 0.122 e. The molecule has 3 aromatic rings. The predicted molar refractivity (Wildman–Crippen MR) is 96.8 cm³/mol. The highest BCUT2D eigenvalue weighted by Gasteiger charge is 2.22. The highest BCUT2D eigenvalue weighted by atomic mass is 16.5. The van der Waals surface area contributed by atoms with Gasteiger partial charge in [-0.3, -0.25) is 4.90 Å². The molecule has 6 nitrogen and oxygen atoms in total. The Bertz CT molecular complexity index is 868. The van der Waals surface area contributed by atoms with E-state index in [0.717, 1.165) is 44.2 Å². The lowest BCUT2D eigenvalue weighted by atomic mass is 10.0. The Labute approximate surface area is 147 Å². The standard InChI is InChI=1S/C19H24N4O2/c1-24-10-9-23-8-6-20-19(23)13-22-7-5-18-16(12-22)15-11-14(25-2)3-4-17(15)21-18/h3-4,6,8,11,21H,5,7,9-10,12-13H2,1-2H3. The molecule has 1 aliphatic rings. The van der Waals surface area contributed by atoms with Crippen molar-refractivity contribution >= 4 is 10.9 Å². The summed E-state index contributed by atoms with van der Waals surface area (Å²) in [6, 6.07) is 6.25. The summed E-state index contributed by atoms with van der Waals surface area (Å²) in [6.45, 7) is 4.37. The van der Waals surface area contributed by atoms with E-state index in [1.807, 2.05) is 18.5 Å². The topological polar surface area (TPSA) is 55.3 Å². The van der Waals surface area contributed by atoms with Crippen LogP contribution < -0.4 is 4.74 Å². The van der Waals surface area contributed by atoms with Gasteiger partial charge in [-0.25, -0.2) is 4.98 Å². The first kappa shape index (κ1) is 16.2. The first-order valence-corrected chi connectivity index (χ1v) is 8.67. The molecular formula is C19H24N4O2. The van der Waals surface area contributed by atoms with Crippen molar-refractivity contribution in [3.63, 3.8) is 0 Å². The molecular weight excluding hydrogens is 316 g/mol. The van der Waals surface area contributed by atoms with Gasteiger partial charge < -0.3 is 19.0 Å². The molecule has 1 N–H and O–H groups in total. The number of nitrogens with one attached hydrogen (secondary N) is 1. The van der Waals surface area contributed by atoms with Gasteiger partial charge in [0.05, 0.1) is 20.3 Å². The molecule has 0 saturated heterocycles. The van der Waals surface area contributed by atoms with Gasteiger partial charge in [0.2, 0.25) is 0 Å². The molecule has 0 bridgehead atoms. The van der Waals surface area contributed by atoms with E-state index in [4.69, 9.17) is 9.47 Å². The fourth-order valence-corrected chi connectivity index (χ4v) is 3.60. The molecule has 0 aliphatic carbocycles. The SMILES string of the molecule is COCCn1ccnc1CN1CCc2[nH]c3ccc(OC)cc3c2C1. The Hall–Kier alpha value is -2.31. The molecule has 6 heteroatoms. The van der Waals surface area contributed by atoms with Crippen molar-refractivity contribution in [1.29, 1.82) is 0 Å². The van der Waals surface area contributed by atoms with Gasteiger partial charge in [0, 0.05) is 62.2 Å². The molecule has 0 radical (unpaired) electrons. The summed E-state index contributed by atoms with van der Waals surface area (Å²) in [7, 11) is 3.44. The maximum atomic E-state index is 5.40. The summed E-state index contributed by atoms with van der Waals surface area (Å²) >= 11 is 0. The van der Waals surface area contributed by atoms with Gasteiger partial charge in [-0.2, -0.15) is 0 Å². The van der Waals surface area contributed by atoms with Crippen LogP contribution in [0.15, 0.2) is 30.6 Å². The average molecular weight is 340 g/mol. The van der Waals surface area contributed by atoms with Crippen molar-refractivity contribution in [1.82, 2.24) is 19.4 Å². The second kappa shape index (κ2) is 6.90. The summed E-state index contributed by atoms with van der Waals surface area (Å²) in [5, 5.41) is 1.27. The van der Waals surface area contributed by atoms with Crippen LogP contribution >= 0.6 is 0 Å². The van der Waals surface area contributed by atoms with Crippen LogP contribution in [-0.2, 0) is 30.8 Å². The summed E-state index contributed by atoms with van der Waals surface area (Å²) in [6.07, 6.45) is 4.93. The summed E-state index contributed by atoms with van der Waals surface area (Å²) in [5.41, 5.74) is 3.92. The normalized spacial score (nSPS) is 14.8. The first-order chi connectivity index (χ1) is 12.3. The number of methoxy groups -OCH3 is 2. The highest BCUT2D eigenvalue weighted by Crippen LogP contribution is 2.30. The van der Waals surface area contributed by atoms with E-state index in [9.17, 15) is 0 Å². The third-order valence-electron chi connectivity index (χ3n) is 4.96. The van der Waals surface area contributed by atoms with Gasteiger partial charge in [0.15, 0.2) is 0 Å². The first-order valence-electron chi connectivity index (χ1n) is 8.67. The minimum Gasteiger partial charge on any atom is -0.497 e. The second-order valence-corrected chi connectivity index (χ2v) is 6.48. The van der Waals surface area contributed by atoms with Crippen molar-refractivity contribution < 1.29 is 9.47 Å². The number of aromatic nitrogens is 3. The lowest BCUT2D eigenvalue weighted by Gasteiger charge is -2.27. The van der Waals surface area contributed by atoms with Crippen molar-refractivity contribution in [2.75, 3.05) is 27.4 Å². The Balaban J connectivity index is 1.55. The van der Waals surface area contributed by atoms with E-state index in [2.05, 4.69) is 31.6 Å². The Morgan fingerprint density at radius 1 is 1.28 bits per heavy atom. The van der Waals surface area contributed by atoms with E-state index >= 15 is 0 Å². The average Bonchev–Trinajstić information content (AvgIpc) is 3.23. The maximum Gasteiger partial charge on any atom is 0.122 e. The monoisotopic (exact) mass is 340 g/mol. The zero-order chi connectivity index (χ0) is 17.2. The molecule has 0 unspecified atom stereocenters. The van der Waals surface area contributed by atoms with Crippen LogP contribution in [0, 0.1) is 0 Å². The van der Waals surface area contributed by atoms with Crippen molar-refractivity contribution in [3.05, 3.63) is 47.7 Å². The molecule has 0 spiro atoms. The maximum absolute atomic E-state index is 5.40. The van der Waals surface area contributed by atoms with Gasteiger partial charge in [0.1, 0.15) is 11.6 Å². The van der Waals surface area contributed by atoms with Crippen LogP contribution in [0.5, 0.6) is 5.75 Å². The number of benzene rings is 1. The van der Waals surface area contributed by atoms with Gasteiger partial charge in [0.25, 0.3) is 0 Å². The van der Waals surface area contributed by atoms with Gasteiger partial charge >= 0.3 is 0 Å². The van der Waals surface area contributed by atoms with E-state index in [-0.39, 0.29) is 0 Å². The van der Waals surface area contributed by atoms with Crippen LogP contribution in [0.3, 0.4) is 0 Å². The molecule has 0 atom stereocenters. The second-order valence-electron chi connectivity index (χ2n) is 6.48. The van der Waals surface area contributed by atoms with Crippen LogP contribution in [0.25, 0.3) is 10.9 Å². The summed E-state index contributed by atoms with van der Waals surface area (Å²) < 4.78 is 12.8. The molecule has 0 saturated carbocycles. The Morgan fingerprint density at radius 3 is 3.04 bits per heavy atom. The fourth-order valence-electron chi connectivity index (χ4n) is 3.60. The number of ether oxygens (including phenoxy) is 2. The number of hydrogen-bond acceptors (Lipinski definition) is 4. The third kappa shape index (κ3) is 3.15. The molecule has 1 aromatic carbocycles. The van der Waals surface area contributed by atoms with Crippen LogP contribution in [0.1, 0.15) is 17.1 Å². The highest BCUT2D eigenvalue weighted by molar-refractivity contribution is 5.86. The van der Waals surface area contributed by atoms with E-state index in [0.29, 0.717) is 6.61 Å². The fraction of sp³-hybridized carbons (Fsp3) is 0.421. The molecule has 4 rings (SSSR count). The number of fused-ring (bicyclic) bond motifs is 3. The zero-order valence-electron chi connectivity index (χ0n) is 14.8. The predicted octanol–water partition coefficient (Wildman–Crippen LogP) is 2.58. The van der Waals surface area contributed by atoms with E-state index in [1.54, 1.807) is 14.2 Å². The zero-order valence-corrected chi connectivity index (χ0v) is 14.8. The minimum absolute atomic E-state index is 0.704. The Morgan fingerprint density at radius 2 is 2.20 bits per heavy atom. The van der Waals surface area contributed by atoms with Crippen molar-refractivity contribution in [3.8, 4) is 5.75 Å². The third-order valence-corrected chi connectivity index (χ3v) is 4.96. The van der Waals surface area contributed by atoms with E-state index in [1.165, 1.54) is 22.2 Å². The molecule has 1 aliphatic heterocycles. The molecule has 25 heavy (non-hydrogen) atoms. The molecule has 3 heterocycles.